The number of hydrogen-bond donors (Lipinski definition) is 1. The van der Waals surface area contributed by atoms with Gasteiger partial charge in [-0.3, -0.25) is 4.79 Å². The summed E-state index contributed by atoms with van der Waals surface area (Å²) >= 11 is 6.13. The molecule has 3 aromatic carbocycles. The number of carbonyl (C=O) groups excluding carboxylic acids is 1. The molecule has 0 saturated carbocycles. The number of rotatable bonds is 4. The van der Waals surface area contributed by atoms with Crippen LogP contribution < -0.4 is 5.32 Å². The van der Waals surface area contributed by atoms with Crippen LogP contribution in [0.3, 0.4) is 0 Å². The molecule has 5 nitrogen and oxygen atoms in total. The molecule has 4 aromatic rings. The molecule has 1 heterocycles. The minimum Gasteiger partial charge on any atom is -0.318 e. The van der Waals surface area contributed by atoms with Crippen LogP contribution in [0.4, 0.5) is 10.1 Å². The first-order valence-corrected chi connectivity index (χ1v) is 9.66. The lowest BCUT2D eigenvalue weighted by Gasteiger charge is -2.08. The lowest BCUT2D eigenvalue weighted by atomic mass is 10.1. The monoisotopic (exact) mass is 420 g/mol. The Morgan fingerprint density at radius 2 is 1.73 bits per heavy atom. The Bertz CT molecular complexity index is 1230. The van der Waals surface area contributed by atoms with Crippen LogP contribution in [0.1, 0.15) is 21.7 Å². The van der Waals surface area contributed by atoms with E-state index in [1.54, 1.807) is 41.1 Å². The third kappa shape index (κ3) is 3.95. The lowest BCUT2D eigenvalue weighted by Crippen LogP contribution is -2.14. The molecular weight excluding hydrogens is 403 g/mol. The Hall–Kier alpha value is -3.51. The molecule has 0 aliphatic rings. The van der Waals surface area contributed by atoms with Crippen LogP contribution in [0.5, 0.6) is 0 Å². The van der Waals surface area contributed by atoms with Crippen molar-refractivity contribution in [2.24, 2.45) is 0 Å². The summed E-state index contributed by atoms with van der Waals surface area (Å²) in [6, 6.07) is 18.7. The van der Waals surface area contributed by atoms with E-state index in [-0.39, 0.29) is 11.6 Å². The van der Waals surface area contributed by atoms with Gasteiger partial charge in [0.1, 0.15) is 5.82 Å². The summed E-state index contributed by atoms with van der Waals surface area (Å²) in [6.07, 6.45) is 0. The van der Waals surface area contributed by atoms with Crippen LogP contribution >= 0.6 is 11.6 Å². The highest BCUT2D eigenvalue weighted by Crippen LogP contribution is 2.25. The first-order valence-electron chi connectivity index (χ1n) is 9.29. The van der Waals surface area contributed by atoms with Crippen LogP contribution in [0.2, 0.25) is 5.02 Å². The molecule has 0 bridgehead atoms. The molecule has 0 atom stereocenters. The van der Waals surface area contributed by atoms with Crippen molar-refractivity contribution in [3.8, 4) is 17.1 Å². The maximum Gasteiger partial charge on any atom is 0.295 e. The maximum atomic E-state index is 13.4. The van der Waals surface area contributed by atoms with E-state index in [1.165, 1.54) is 12.1 Å². The fraction of sp³-hybridized carbons (Fsp3) is 0.0870. The number of nitrogens with one attached hydrogen (secondary N) is 1. The van der Waals surface area contributed by atoms with E-state index < -0.39 is 5.91 Å². The molecule has 4 rings (SSSR count). The number of halogens is 2. The van der Waals surface area contributed by atoms with Gasteiger partial charge >= 0.3 is 0 Å². The Kier molecular flexibility index (Phi) is 5.33. The first kappa shape index (κ1) is 19.8. The SMILES string of the molecule is Cc1ccc(-n2nc(C(=O)Nc3ccccc3Cl)nc2-c2ccc(F)cc2)cc1C. The Labute approximate surface area is 178 Å². The van der Waals surface area contributed by atoms with Gasteiger partial charge in [0.2, 0.25) is 5.82 Å². The molecule has 1 N–H and O–H groups in total. The van der Waals surface area contributed by atoms with Crippen molar-refractivity contribution in [1.29, 1.82) is 0 Å². The molecule has 30 heavy (non-hydrogen) atoms. The van der Waals surface area contributed by atoms with Gasteiger partial charge in [0.05, 0.1) is 16.4 Å². The van der Waals surface area contributed by atoms with E-state index in [2.05, 4.69) is 15.4 Å². The van der Waals surface area contributed by atoms with Crippen molar-refractivity contribution >= 4 is 23.2 Å². The van der Waals surface area contributed by atoms with E-state index >= 15 is 0 Å². The van der Waals surface area contributed by atoms with E-state index in [1.807, 2.05) is 32.0 Å². The number of amides is 1. The zero-order chi connectivity index (χ0) is 21.3. The summed E-state index contributed by atoms with van der Waals surface area (Å²) in [7, 11) is 0. The molecule has 0 saturated heterocycles. The number of benzene rings is 3. The number of para-hydroxylation sites is 1. The van der Waals surface area contributed by atoms with Crippen LogP contribution in [-0.4, -0.2) is 20.7 Å². The average Bonchev–Trinajstić information content (AvgIpc) is 3.18. The minimum absolute atomic E-state index is 0.0209. The molecule has 7 heteroatoms. The summed E-state index contributed by atoms with van der Waals surface area (Å²) in [5, 5.41) is 7.58. The van der Waals surface area contributed by atoms with Gasteiger partial charge < -0.3 is 5.32 Å². The second kappa shape index (κ2) is 8.08. The zero-order valence-corrected chi connectivity index (χ0v) is 17.1. The van der Waals surface area contributed by atoms with Crippen molar-refractivity contribution in [3.63, 3.8) is 0 Å². The number of carbonyl (C=O) groups is 1. The van der Waals surface area contributed by atoms with E-state index in [0.29, 0.717) is 22.1 Å². The zero-order valence-electron chi connectivity index (χ0n) is 16.4. The standard InChI is InChI=1S/C23H18ClFN4O/c1-14-7-12-18(13-15(14)2)29-22(16-8-10-17(25)11-9-16)27-21(28-29)23(30)26-20-6-4-3-5-19(20)24/h3-13H,1-2H3,(H,26,30). The molecule has 0 spiro atoms. The van der Waals surface area contributed by atoms with Crippen molar-refractivity contribution in [3.05, 3.63) is 94.5 Å². The van der Waals surface area contributed by atoms with E-state index in [9.17, 15) is 9.18 Å². The van der Waals surface area contributed by atoms with Gasteiger partial charge in [0, 0.05) is 5.56 Å². The maximum absolute atomic E-state index is 13.4. The highest BCUT2D eigenvalue weighted by molar-refractivity contribution is 6.33. The predicted molar refractivity (Wildman–Crippen MR) is 116 cm³/mol. The Morgan fingerprint density at radius 3 is 2.43 bits per heavy atom. The number of nitrogens with zero attached hydrogens (tertiary/aromatic N) is 3. The highest BCUT2D eigenvalue weighted by atomic mass is 35.5. The second-order valence-electron chi connectivity index (χ2n) is 6.88. The van der Waals surface area contributed by atoms with Gasteiger partial charge in [-0.15, -0.1) is 5.10 Å². The largest absolute Gasteiger partial charge is 0.318 e. The van der Waals surface area contributed by atoms with E-state index in [0.717, 1.165) is 16.8 Å². The average molecular weight is 421 g/mol. The number of anilines is 1. The topological polar surface area (TPSA) is 59.8 Å². The third-order valence-electron chi connectivity index (χ3n) is 4.77. The molecular formula is C23H18ClFN4O. The van der Waals surface area contributed by atoms with Crippen LogP contribution in [0.25, 0.3) is 17.1 Å². The van der Waals surface area contributed by atoms with Crippen LogP contribution in [0, 0.1) is 19.7 Å². The summed E-state index contributed by atoms with van der Waals surface area (Å²) in [5.41, 5.74) is 4.07. The van der Waals surface area contributed by atoms with Gasteiger partial charge in [-0.05, 0) is 73.5 Å². The fourth-order valence-electron chi connectivity index (χ4n) is 2.97. The Balaban J connectivity index is 1.79. The molecule has 0 aliphatic heterocycles. The third-order valence-corrected chi connectivity index (χ3v) is 5.10. The first-order chi connectivity index (χ1) is 14.4. The lowest BCUT2D eigenvalue weighted by molar-refractivity contribution is 0.101. The molecule has 0 fully saturated rings. The van der Waals surface area contributed by atoms with Gasteiger partial charge in [-0.25, -0.2) is 14.1 Å². The summed E-state index contributed by atoms with van der Waals surface area (Å²) in [4.78, 5) is 17.2. The van der Waals surface area contributed by atoms with Crippen molar-refractivity contribution in [2.75, 3.05) is 5.32 Å². The van der Waals surface area contributed by atoms with Crippen LogP contribution in [-0.2, 0) is 0 Å². The van der Waals surface area contributed by atoms with E-state index in [4.69, 9.17) is 11.6 Å². The molecule has 0 aliphatic carbocycles. The Morgan fingerprint density at radius 1 is 1.00 bits per heavy atom. The summed E-state index contributed by atoms with van der Waals surface area (Å²) in [6.45, 7) is 4.02. The number of aromatic nitrogens is 3. The normalized spacial score (nSPS) is 10.8. The van der Waals surface area contributed by atoms with Crippen molar-refractivity contribution in [1.82, 2.24) is 14.8 Å². The molecule has 1 aromatic heterocycles. The highest BCUT2D eigenvalue weighted by Gasteiger charge is 2.20. The molecule has 0 radical (unpaired) electrons. The molecule has 1 amide bonds. The fourth-order valence-corrected chi connectivity index (χ4v) is 3.16. The van der Waals surface area contributed by atoms with Gasteiger partial charge in [-0.2, -0.15) is 0 Å². The molecule has 150 valence electrons. The van der Waals surface area contributed by atoms with Crippen molar-refractivity contribution in [2.45, 2.75) is 13.8 Å². The van der Waals surface area contributed by atoms with Gasteiger partial charge in [-0.1, -0.05) is 29.8 Å². The predicted octanol–water partition coefficient (Wildman–Crippen LogP) is 5.60. The molecule has 0 unspecified atom stereocenters. The number of aryl methyl sites for hydroxylation is 2. The smallest absolute Gasteiger partial charge is 0.295 e. The van der Waals surface area contributed by atoms with Gasteiger partial charge in [0.25, 0.3) is 5.91 Å². The number of hydrogen-bond acceptors (Lipinski definition) is 3. The van der Waals surface area contributed by atoms with Gasteiger partial charge in [0.15, 0.2) is 5.82 Å². The second-order valence-corrected chi connectivity index (χ2v) is 7.29. The minimum atomic E-state index is -0.492. The summed E-state index contributed by atoms with van der Waals surface area (Å²) < 4.78 is 15.0. The van der Waals surface area contributed by atoms with Crippen molar-refractivity contribution < 1.29 is 9.18 Å². The summed E-state index contributed by atoms with van der Waals surface area (Å²) in [5.74, 6) is -0.434. The van der Waals surface area contributed by atoms with Crippen LogP contribution in [0.15, 0.2) is 66.7 Å². The quantitative estimate of drug-likeness (QED) is 0.467.